The smallest absolute Gasteiger partial charge is 0.254 e. The Kier molecular flexibility index (Phi) is 6.85. The maximum atomic E-state index is 12.6. The van der Waals surface area contributed by atoms with E-state index in [1.165, 1.54) is 0 Å². The van der Waals surface area contributed by atoms with E-state index in [1.54, 1.807) is 24.3 Å². The maximum absolute atomic E-state index is 12.6. The van der Waals surface area contributed by atoms with Crippen molar-refractivity contribution in [1.29, 1.82) is 0 Å². The van der Waals surface area contributed by atoms with Crippen LogP contribution in [0.1, 0.15) is 30.1 Å². The molecule has 0 spiro atoms. The van der Waals surface area contributed by atoms with Crippen LogP contribution in [0.25, 0.3) is 0 Å². The van der Waals surface area contributed by atoms with Crippen LogP contribution >= 0.6 is 12.4 Å². The van der Waals surface area contributed by atoms with Crippen molar-refractivity contribution in [2.75, 3.05) is 24.1 Å². The summed E-state index contributed by atoms with van der Waals surface area (Å²) in [6.07, 6.45) is 3.00. The minimum absolute atomic E-state index is 0. The minimum Gasteiger partial charge on any atom is -0.334 e. The van der Waals surface area contributed by atoms with Crippen LogP contribution in [0.4, 0.5) is 5.69 Å². The molecule has 23 heavy (non-hydrogen) atoms. The van der Waals surface area contributed by atoms with Crippen molar-refractivity contribution < 1.29 is 13.2 Å². The molecule has 1 saturated heterocycles. The Morgan fingerprint density at radius 2 is 1.96 bits per heavy atom. The van der Waals surface area contributed by atoms with Crippen LogP contribution in [-0.4, -0.2) is 44.6 Å². The molecule has 0 aliphatic carbocycles. The molecule has 1 fully saturated rings. The standard InChI is InChI=1S/C15H23N3O3S.ClH/c1-11-7-8-18(14(9-11)10-16)15(19)12-3-5-13(6-4-12)17-22(2,20)21;/h3-6,11,14,17H,7-10,16H2,1-2H3;1H. The van der Waals surface area contributed by atoms with E-state index in [0.29, 0.717) is 30.3 Å². The Morgan fingerprint density at radius 3 is 2.48 bits per heavy atom. The van der Waals surface area contributed by atoms with Gasteiger partial charge in [-0.05, 0) is 43.0 Å². The number of hydrogen-bond acceptors (Lipinski definition) is 4. The summed E-state index contributed by atoms with van der Waals surface area (Å²) < 4.78 is 24.7. The Hall–Kier alpha value is -1.31. The van der Waals surface area contributed by atoms with E-state index in [2.05, 4.69) is 11.6 Å². The number of nitrogens with two attached hydrogens (primary N) is 1. The van der Waals surface area contributed by atoms with Crippen LogP contribution in [0.5, 0.6) is 0 Å². The summed E-state index contributed by atoms with van der Waals surface area (Å²) in [6, 6.07) is 6.55. The molecular formula is C15H24ClN3O3S. The number of hydrogen-bond donors (Lipinski definition) is 2. The number of sulfonamides is 1. The van der Waals surface area contributed by atoms with Crippen molar-refractivity contribution in [3.63, 3.8) is 0 Å². The Balaban J connectivity index is 0.00000264. The SMILES string of the molecule is CC1CCN(C(=O)c2ccc(NS(C)(=O)=O)cc2)C(CN)C1.Cl. The lowest BCUT2D eigenvalue weighted by Crippen LogP contribution is -2.49. The van der Waals surface area contributed by atoms with E-state index in [-0.39, 0.29) is 24.4 Å². The molecule has 1 aliphatic heterocycles. The molecular weight excluding hydrogens is 338 g/mol. The van der Waals surface area contributed by atoms with Gasteiger partial charge in [-0.3, -0.25) is 9.52 Å². The van der Waals surface area contributed by atoms with Crippen molar-refractivity contribution in [1.82, 2.24) is 4.90 Å². The highest BCUT2D eigenvalue weighted by molar-refractivity contribution is 7.92. The molecule has 2 unspecified atom stereocenters. The second kappa shape index (κ2) is 7.99. The average molecular weight is 362 g/mol. The van der Waals surface area contributed by atoms with E-state index >= 15 is 0 Å². The van der Waals surface area contributed by atoms with Gasteiger partial charge in [0.1, 0.15) is 0 Å². The number of nitrogens with zero attached hydrogens (tertiary/aromatic N) is 1. The highest BCUT2D eigenvalue weighted by atomic mass is 35.5. The van der Waals surface area contributed by atoms with Crippen LogP contribution in [0.15, 0.2) is 24.3 Å². The van der Waals surface area contributed by atoms with Crippen molar-refractivity contribution in [3.05, 3.63) is 29.8 Å². The molecule has 0 aromatic heterocycles. The summed E-state index contributed by atoms with van der Waals surface area (Å²) in [7, 11) is -3.31. The molecule has 8 heteroatoms. The molecule has 0 saturated carbocycles. The van der Waals surface area contributed by atoms with E-state index in [4.69, 9.17) is 5.73 Å². The number of anilines is 1. The fraction of sp³-hybridized carbons (Fsp3) is 0.533. The van der Waals surface area contributed by atoms with Crippen LogP contribution in [0.3, 0.4) is 0 Å². The van der Waals surface area contributed by atoms with Gasteiger partial charge >= 0.3 is 0 Å². The van der Waals surface area contributed by atoms with Crippen LogP contribution in [0, 0.1) is 5.92 Å². The topological polar surface area (TPSA) is 92.5 Å². The number of likely N-dealkylation sites (tertiary alicyclic amines) is 1. The molecule has 2 rings (SSSR count). The fourth-order valence-electron chi connectivity index (χ4n) is 2.80. The molecule has 0 radical (unpaired) electrons. The van der Waals surface area contributed by atoms with Gasteiger partial charge in [0.15, 0.2) is 0 Å². The van der Waals surface area contributed by atoms with Gasteiger partial charge < -0.3 is 10.6 Å². The van der Waals surface area contributed by atoms with Gasteiger partial charge in [-0.25, -0.2) is 8.42 Å². The summed E-state index contributed by atoms with van der Waals surface area (Å²) in [5.41, 5.74) is 6.79. The fourth-order valence-corrected chi connectivity index (χ4v) is 3.37. The van der Waals surface area contributed by atoms with E-state index < -0.39 is 10.0 Å². The lowest BCUT2D eigenvalue weighted by Gasteiger charge is -2.38. The number of nitrogens with one attached hydrogen (secondary N) is 1. The first-order valence-corrected chi connectivity index (χ1v) is 9.28. The van der Waals surface area contributed by atoms with Crippen LogP contribution in [-0.2, 0) is 10.0 Å². The molecule has 6 nitrogen and oxygen atoms in total. The average Bonchev–Trinajstić information content (AvgIpc) is 2.45. The zero-order chi connectivity index (χ0) is 16.3. The number of amides is 1. The third-order valence-electron chi connectivity index (χ3n) is 3.95. The summed E-state index contributed by atoms with van der Waals surface area (Å²) in [4.78, 5) is 14.4. The molecule has 1 amide bonds. The number of benzene rings is 1. The number of carbonyl (C=O) groups excluding carboxylic acids is 1. The van der Waals surface area contributed by atoms with Crippen molar-refractivity contribution >= 4 is 34.0 Å². The molecule has 1 aliphatic rings. The van der Waals surface area contributed by atoms with E-state index in [9.17, 15) is 13.2 Å². The lowest BCUT2D eigenvalue weighted by molar-refractivity contribution is 0.0573. The number of carbonyl (C=O) groups is 1. The van der Waals surface area contributed by atoms with Gasteiger partial charge in [-0.1, -0.05) is 6.92 Å². The van der Waals surface area contributed by atoms with Gasteiger partial charge in [0.25, 0.3) is 5.91 Å². The minimum atomic E-state index is -3.31. The number of rotatable bonds is 4. The molecule has 3 N–H and O–H groups in total. The molecule has 0 bridgehead atoms. The van der Waals surface area contributed by atoms with Gasteiger partial charge in [0, 0.05) is 30.4 Å². The molecule has 1 heterocycles. The first-order valence-electron chi connectivity index (χ1n) is 7.39. The molecule has 130 valence electrons. The van der Waals surface area contributed by atoms with E-state index in [0.717, 1.165) is 19.1 Å². The van der Waals surface area contributed by atoms with Crippen LogP contribution < -0.4 is 10.5 Å². The van der Waals surface area contributed by atoms with Gasteiger partial charge in [0.2, 0.25) is 10.0 Å². The summed E-state index contributed by atoms with van der Waals surface area (Å²) >= 11 is 0. The second-order valence-corrected chi connectivity index (χ2v) is 7.72. The van der Waals surface area contributed by atoms with Crippen molar-refractivity contribution in [2.24, 2.45) is 11.7 Å². The second-order valence-electron chi connectivity index (χ2n) is 5.97. The Labute approximate surface area is 143 Å². The summed E-state index contributed by atoms with van der Waals surface area (Å²) in [5, 5.41) is 0. The third kappa shape index (κ3) is 5.37. The van der Waals surface area contributed by atoms with E-state index in [1.807, 2.05) is 4.90 Å². The third-order valence-corrected chi connectivity index (χ3v) is 4.55. The van der Waals surface area contributed by atoms with Gasteiger partial charge in [-0.15, -0.1) is 12.4 Å². The predicted octanol–water partition coefficient (Wildman–Crippen LogP) is 1.68. The maximum Gasteiger partial charge on any atom is 0.254 e. The Bertz CT molecular complexity index is 634. The highest BCUT2D eigenvalue weighted by Gasteiger charge is 2.29. The lowest BCUT2D eigenvalue weighted by atomic mass is 9.92. The van der Waals surface area contributed by atoms with Crippen molar-refractivity contribution in [3.8, 4) is 0 Å². The zero-order valence-electron chi connectivity index (χ0n) is 13.4. The monoisotopic (exact) mass is 361 g/mol. The van der Waals surface area contributed by atoms with Crippen molar-refractivity contribution in [2.45, 2.75) is 25.8 Å². The number of halogens is 1. The number of piperidine rings is 1. The Morgan fingerprint density at radius 1 is 1.35 bits per heavy atom. The quantitative estimate of drug-likeness (QED) is 0.853. The van der Waals surface area contributed by atoms with Crippen LogP contribution in [0.2, 0.25) is 0 Å². The largest absolute Gasteiger partial charge is 0.334 e. The summed E-state index contributed by atoms with van der Waals surface area (Å²) in [5.74, 6) is 0.534. The normalized spacial score (nSPS) is 21.4. The first-order chi connectivity index (χ1) is 10.3. The highest BCUT2D eigenvalue weighted by Crippen LogP contribution is 2.24. The molecule has 2 atom stereocenters. The zero-order valence-corrected chi connectivity index (χ0v) is 15.0. The molecule has 1 aromatic carbocycles. The predicted molar refractivity (Wildman–Crippen MR) is 94.4 cm³/mol. The van der Waals surface area contributed by atoms with Gasteiger partial charge in [0.05, 0.1) is 6.26 Å². The summed E-state index contributed by atoms with van der Waals surface area (Å²) in [6.45, 7) is 3.35. The first kappa shape index (κ1) is 19.7. The molecule has 1 aromatic rings. The van der Waals surface area contributed by atoms with Gasteiger partial charge in [-0.2, -0.15) is 0 Å².